The van der Waals surface area contributed by atoms with Crippen LogP contribution < -0.4 is 10.2 Å². The highest BCUT2D eigenvalue weighted by Gasteiger charge is 2.40. The molecule has 3 atom stereocenters. The average Bonchev–Trinajstić information content (AvgIpc) is 3.27. The minimum absolute atomic E-state index is 0.0220. The van der Waals surface area contributed by atoms with Gasteiger partial charge in [0.15, 0.2) is 6.61 Å². The van der Waals surface area contributed by atoms with E-state index in [0.29, 0.717) is 11.7 Å². The van der Waals surface area contributed by atoms with Gasteiger partial charge in [-0.15, -0.1) is 0 Å². The summed E-state index contributed by atoms with van der Waals surface area (Å²) in [7, 11) is 0. The first-order valence-corrected chi connectivity index (χ1v) is 9.13. The van der Waals surface area contributed by atoms with Gasteiger partial charge in [-0.25, -0.2) is 5.43 Å². The molecule has 4 rings (SSSR count). The van der Waals surface area contributed by atoms with Gasteiger partial charge < -0.3 is 4.74 Å². The van der Waals surface area contributed by atoms with Crippen molar-refractivity contribution < 1.29 is 9.53 Å². The molecule has 2 fully saturated rings. The van der Waals surface area contributed by atoms with Crippen molar-refractivity contribution in [2.24, 2.45) is 22.9 Å². The van der Waals surface area contributed by atoms with Crippen molar-refractivity contribution in [2.75, 3.05) is 6.61 Å². The lowest BCUT2D eigenvalue weighted by Gasteiger charge is -2.21. The number of carbonyl (C=O) groups excluding carboxylic acids is 1. The van der Waals surface area contributed by atoms with Gasteiger partial charge >= 0.3 is 0 Å². The predicted octanol–water partition coefficient (Wildman–Crippen LogP) is 4.15. The maximum atomic E-state index is 12.0. The van der Waals surface area contributed by atoms with E-state index in [1.54, 1.807) is 0 Å². The third-order valence-corrected chi connectivity index (χ3v) is 5.72. The van der Waals surface area contributed by atoms with Gasteiger partial charge in [-0.1, -0.05) is 36.8 Å². The van der Waals surface area contributed by atoms with Crippen molar-refractivity contribution in [1.82, 2.24) is 5.43 Å². The van der Waals surface area contributed by atoms with Gasteiger partial charge in [0.1, 0.15) is 5.75 Å². The largest absolute Gasteiger partial charge is 0.484 e. The number of nitrogens with one attached hydrogen (secondary N) is 1. The van der Waals surface area contributed by atoms with Crippen LogP contribution in [0.4, 0.5) is 0 Å². The molecule has 0 aliphatic heterocycles. The highest BCUT2D eigenvalue weighted by molar-refractivity contribution is 5.87. The zero-order valence-corrected chi connectivity index (χ0v) is 14.6. The molecular weight excluding hydrogens is 312 g/mol. The van der Waals surface area contributed by atoms with Gasteiger partial charge in [0, 0.05) is 11.6 Å². The second kappa shape index (κ2) is 6.87. The first-order valence-electron chi connectivity index (χ1n) is 9.13. The number of carbonyl (C=O) groups is 1. The lowest BCUT2D eigenvalue weighted by molar-refractivity contribution is -0.123. The number of hydrogen-bond acceptors (Lipinski definition) is 3. The minimum atomic E-state index is -0.212. The van der Waals surface area contributed by atoms with Crippen molar-refractivity contribution in [1.29, 1.82) is 0 Å². The number of ether oxygens (including phenoxy) is 1. The monoisotopic (exact) mass is 336 g/mol. The van der Waals surface area contributed by atoms with Crippen LogP contribution in [-0.2, 0) is 4.79 Å². The van der Waals surface area contributed by atoms with Gasteiger partial charge in [-0.05, 0) is 60.9 Å². The first kappa shape index (κ1) is 16.1. The number of nitrogens with zero attached hydrogens (tertiary/aromatic N) is 1. The molecule has 2 aliphatic rings. The van der Waals surface area contributed by atoms with Crippen LogP contribution in [0.15, 0.2) is 47.6 Å². The van der Waals surface area contributed by atoms with Crippen LogP contribution in [0.5, 0.6) is 5.75 Å². The van der Waals surface area contributed by atoms with E-state index in [1.807, 2.05) is 43.3 Å². The lowest BCUT2D eigenvalue weighted by Crippen LogP contribution is -2.28. The lowest BCUT2D eigenvalue weighted by atomic mass is 9.86. The summed E-state index contributed by atoms with van der Waals surface area (Å²) in [6, 6.07) is 13.9. The second-order valence-corrected chi connectivity index (χ2v) is 7.37. The summed E-state index contributed by atoms with van der Waals surface area (Å²) in [5.74, 6) is 2.70. The van der Waals surface area contributed by atoms with E-state index in [0.717, 1.165) is 28.3 Å². The zero-order chi connectivity index (χ0) is 17.2. The Kier molecular flexibility index (Phi) is 4.43. The quantitative estimate of drug-likeness (QED) is 0.659. The molecule has 2 bridgehead atoms. The topological polar surface area (TPSA) is 50.7 Å². The molecule has 1 N–H and O–H groups in total. The molecule has 1 amide bonds. The second-order valence-electron chi connectivity index (χ2n) is 7.37. The van der Waals surface area contributed by atoms with Gasteiger partial charge in [0.2, 0.25) is 0 Å². The van der Waals surface area contributed by atoms with Gasteiger partial charge in [-0.2, -0.15) is 5.10 Å². The third-order valence-electron chi connectivity index (χ3n) is 5.72. The van der Waals surface area contributed by atoms with E-state index >= 15 is 0 Å². The van der Waals surface area contributed by atoms with E-state index in [2.05, 4.69) is 16.6 Å². The number of amides is 1. The maximum absolute atomic E-state index is 12.0. The maximum Gasteiger partial charge on any atom is 0.277 e. The van der Waals surface area contributed by atoms with Gasteiger partial charge in [0.05, 0.1) is 0 Å². The summed E-state index contributed by atoms with van der Waals surface area (Å²) in [4.78, 5) is 12.0. The van der Waals surface area contributed by atoms with Crippen molar-refractivity contribution in [3.8, 4) is 5.75 Å². The smallest absolute Gasteiger partial charge is 0.277 e. The Hall–Kier alpha value is -2.36. The molecule has 3 unspecified atom stereocenters. The fourth-order valence-electron chi connectivity index (χ4n) is 4.43. The number of benzene rings is 2. The first-order chi connectivity index (χ1) is 12.2. The van der Waals surface area contributed by atoms with Crippen molar-refractivity contribution in [3.05, 3.63) is 42.5 Å². The number of hydrazone groups is 1. The Bertz CT molecular complexity index is 814. The highest BCUT2D eigenvalue weighted by atomic mass is 16.5. The summed E-state index contributed by atoms with van der Waals surface area (Å²) in [5, 5.41) is 6.58. The molecule has 0 heterocycles. The molecule has 2 aromatic carbocycles. The van der Waals surface area contributed by atoms with Crippen molar-refractivity contribution in [2.45, 2.75) is 32.6 Å². The SMILES string of the molecule is CC(=NNC(=O)COc1ccc2ccccc2c1)C1CC2CCC1C2. The van der Waals surface area contributed by atoms with E-state index in [1.165, 1.54) is 25.7 Å². The van der Waals surface area contributed by atoms with Gasteiger partial charge in [-0.3, -0.25) is 4.79 Å². The molecular formula is C21H24N2O2. The molecule has 0 saturated heterocycles. The number of hydrogen-bond donors (Lipinski definition) is 1. The van der Waals surface area contributed by atoms with E-state index in [9.17, 15) is 4.79 Å². The van der Waals surface area contributed by atoms with Crippen LogP contribution in [0.2, 0.25) is 0 Å². The Balaban J connectivity index is 1.30. The minimum Gasteiger partial charge on any atom is -0.484 e. The van der Waals surface area contributed by atoms with Gasteiger partial charge in [0.25, 0.3) is 5.91 Å². The third kappa shape index (κ3) is 3.53. The molecule has 0 aromatic heterocycles. The molecule has 25 heavy (non-hydrogen) atoms. The molecule has 4 nitrogen and oxygen atoms in total. The summed E-state index contributed by atoms with van der Waals surface area (Å²) >= 11 is 0. The summed E-state index contributed by atoms with van der Waals surface area (Å²) in [6.45, 7) is 2.02. The predicted molar refractivity (Wildman–Crippen MR) is 99.6 cm³/mol. The highest BCUT2D eigenvalue weighted by Crippen LogP contribution is 2.48. The van der Waals surface area contributed by atoms with Crippen molar-refractivity contribution in [3.63, 3.8) is 0 Å². The molecule has 0 spiro atoms. The Morgan fingerprint density at radius 1 is 1.16 bits per heavy atom. The van der Waals surface area contributed by atoms with Crippen LogP contribution in [0, 0.1) is 17.8 Å². The van der Waals surface area contributed by atoms with E-state index in [4.69, 9.17) is 4.74 Å². The molecule has 2 saturated carbocycles. The van der Waals surface area contributed by atoms with Crippen LogP contribution >= 0.6 is 0 Å². The Labute approximate surface area is 148 Å². The molecule has 2 aromatic rings. The number of fused-ring (bicyclic) bond motifs is 3. The van der Waals surface area contributed by atoms with Crippen LogP contribution in [0.25, 0.3) is 10.8 Å². The van der Waals surface area contributed by atoms with Crippen LogP contribution in [0.1, 0.15) is 32.6 Å². The van der Waals surface area contributed by atoms with Crippen molar-refractivity contribution >= 4 is 22.4 Å². The Morgan fingerprint density at radius 3 is 2.76 bits per heavy atom. The zero-order valence-electron chi connectivity index (χ0n) is 14.6. The van der Waals surface area contributed by atoms with E-state index < -0.39 is 0 Å². The molecule has 130 valence electrons. The Morgan fingerprint density at radius 2 is 2.00 bits per heavy atom. The normalized spacial score (nSPS) is 25.3. The molecule has 4 heteroatoms. The average molecular weight is 336 g/mol. The summed E-state index contributed by atoms with van der Waals surface area (Å²) < 4.78 is 5.60. The molecule has 0 radical (unpaired) electrons. The van der Waals surface area contributed by atoms with Crippen LogP contribution in [0.3, 0.4) is 0 Å². The van der Waals surface area contributed by atoms with E-state index in [-0.39, 0.29) is 12.5 Å². The standard InChI is InChI=1S/C21H24N2O2/c1-14(20-11-15-6-7-18(20)10-15)22-23-21(24)13-25-19-9-8-16-4-2-3-5-17(16)12-19/h2-5,8-9,12,15,18,20H,6-7,10-11,13H2,1H3,(H,23,24). The fourth-order valence-corrected chi connectivity index (χ4v) is 4.43. The summed E-state index contributed by atoms with van der Waals surface area (Å²) in [5.41, 5.74) is 3.71. The molecule has 2 aliphatic carbocycles. The van der Waals surface area contributed by atoms with Crippen LogP contribution in [-0.4, -0.2) is 18.2 Å². The summed E-state index contributed by atoms with van der Waals surface area (Å²) in [6.07, 6.45) is 5.28. The fraction of sp³-hybridized carbons (Fsp3) is 0.429. The number of rotatable bonds is 5.